The molecule has 11 heteroatoms. The van der Waals surface area contributed by atoms with Crippen molar-refractivity contribution in [3.63, 3.8) is 0 Å². The summed E-state index contributed by atoms with van der Waals surface area (Å²) in [6.45, 7) is 10.6. The number of anilines is 1. The number of amides is 1. The number of aromatic nitrogens is 2. The molecule has 3 aromatic rings. The third-order valence-corrected chi connectivity index (χ3v) is 6.86. The Kier molecular flexibility index (Phi) is 8.29. The summed E-state index contributed by atoms with van der Waals surface area (Å²) in [5.74, 6) is -2.44. The Morgan fingerprint density at radius 3 is 2.46 bits per heavy atom. The molecule has 210 valence electrons. The molecule has 0 radical (unpaired) electrons. The van der Waals surface area contributed by atoms with Crippen LogP contribution >= 0.6 is 0 Å². The zero-order chi connectivity index (χ0) is 28.5. The number of alkyl halides is 3. The Morgan fingerprint density at radius 2 is 1.79 bits per heavy atom. The first-order valence-electron chi connectivity index (χ1n) is 13.1. The van der Waals surface area contributed by atoms with Gasteiger partial charge in [-0.2, -0.15) is 13.2 Å². The Balaban J connectivity index is 1.84. The predicted molar refractivity (Wildman–Crippen MR) is 143 cm³/mol. The number of nitrogens with one attached hydrogen (secondary N) is 1. The van der Waals surface area contributed by atoms with Gasteiger partial charge in [0.2, 0.25) is 5.91 Å². The van der Waals surface area contributed by atoms with E-state index in [0.717, 1.165) is 55.0 Å². The summed E-state index contributed by atoms with van der Waals surface area (Å²) < 4.78 is 56.5. The summed E-state index contributed by atoms with van der Waals surface area (Å²) in [6, 6.07) is 8.10. The number of rotatable bonds is 6. The monoisotopic (exact) mass is 547 g/mol. The fraction of sp³-hybridized carbons (Fsp3) is 0.464. The SMILES string of the molecule is CC(C)NC(=O)Cn1c(-c2cccc(C(F)(F)F)c2F)nc2ccc(N3CCCN(C(C)C)CC3)cc2c1=O. The lowest BCUT2D eigenvalue weighted by Gasteiger charge is -2.26. The third kappa shape index (κ3) is 6.24. The van der Waals surface area contributed by atoms with Crippen LogP contribution in [0.15, 0.2) is 41.2 Å². The number of carbonyl (C=O) groups excluding carboxylic acids is 1. The van der Waals surface area contributed by atoms with Crippen molar-refractivity contribution in [3.05, 3.63) is 58.1 Å². The molecule has 1 aliphatic heterocycles. The van der Waals surface area contributed by atoms with Crippen molar-refractivity contribution in [2.75, 3.05) is 31.1 Å². The second kappa shape index (κ2) is 11.3. The van der Waals surface area contributed by atoms with E-state index in [2.05, 4.69) is 33.9 Å². The number of carbonyl (C=O) groups is 1. The van der Waals surface area contributed by atoms with Crippen molar-refractivity contribution >= 4 is 22.5 Å². The highest BCUT2D eigenvalue weighted by Crippen LogP contribution is 2.35. The van der Waals surface area contributed by atoms with E-state index in [1.165, 1.54) is 0 Å². The van der Waals surface area contributed by atoms with Crippen LogP contribution in [0, 0.1) is 5.82 Å². The molecule has 1 fully saturated rings. The molecule has 1 N–H and O–H groups in total. The van der Waals surface area contributed by atoms with Gasteiger partial charge < -0.3 is 10.2 Å². The lowest BCUT2D eigenvalue weighted by molar-refractivity contribution is -0.140. The molecule has 0 saturated carbocycles. The van der Waals surface area contributed by atoms with E-state index in [9.17, 15) is 22.8 Å². The Bertz CT molecular complexity index is 1420. The number of benzene rings is 2. The number of hydrogen-bond donors (Lipinski definition) is 1. The van der Waals surface area contributed by atoms with Crippen LogP contribution in [-0.4, -0.2) is 58.6 Å². The number of hydrogen-bond acceptors (Lipinski definition) is 5. The lowest BCUT2D eigenvalue weighted by atomic mass is 10.1. The summed E-state index contributed by atoms with van der Waals surface area (Å²) in [6.07, 6.45) is -3.99. The summed E-state index contributed by atoms with van der Waals surface area (Å²) in [4.78, 5) is 35.4. The molecule has 1 aromatic heterocycles. The highest BCUT2D eigenvalue weighted by atomic mass is 19.4. The quantitative estimate of drug-likeness (QED) is 0.455. The van der Waals surface area contributed by atoms with E-state index in [4.69, 9.17) is 0 Å². The number of halogens is 4. The summed E-state index contributed by atoms with van der Waals surface area (Å²) in [5, 5.41) is 2.87. The summed E-state index contributed by atoms with van der Waals surface area (Å²) in [7, 11) is 0. The van der Waals surface area contributed by atoms with Crippen LogP contribution in [0.5, 0.6) is 0 Å². The molecule has 39 heavy (non-hydrogen) atoms. The van der Waals surface area contributed by atoms with Crippen molar-refractivity contribution in [2.24, 2.45) is 0 Å². The fourth-order valence-electron chi connectivity index (χ4n) is 4.90. The standard InChI is InChI=1S/C28H33F4N5O2/c1-17(2)33-24(38)16-37-26(20-7-5-8-22(25(20)29)28(30,31)32)34-23-10-9-19(15-21(23)27(37)39)36-12-6-11-35(13-14-36)18(3)4/h5,7-10,15,17-18H,6,11-14,16H2,1-4H3,(H,33,38). The van der Waals surface area contributed by atoms with Gasteiger partial charge in [-0.3, -0.25) is 19.1 Å². The van der Waals surface area contributed by atoms with Crippen LogP contribution < -0.4 is 15.8 Å². The van der Waals surface area contributed by atoms with Crippen LogP contribution in [-0.2, 0) is 17.5 Å². The molecular weight excluding hydrogens is 514 g/mol. The van der Waals surface area contributed by atoms with E-state index in [0.29, 0.717) is 12.1 Å². The van der Waals surface area contributed by atoms with Crippen LogP contribution in [0.1, 0.15) is 39.7 Å². The van der Waals surface area contributed by atoms with Gasteiger partial charge in [-0.1, -0.05) is 6.07 Å². The highest BCUT2D eigenvalue weighted by molar-refractivity contribution is 5.85. The first kappa shape index (κ1) is 28.5. The molecule has 2 heterocycles. The summed E-state index contributed by atoms with van der Waals surface area (Å²) in [5.41, 5.74) is -1.60. The maximum Gasteiger partial charge on any atom is 0.419 e. The van der Waals surface area contributed by atoms with Crippen LogP contribution in [0.2, 0.25) is 0 Å². The average Bonchev–Trinajstić information content (AvgIpc) is 3.11. The number of nitrogens with zero attached hydrogens (tertiary/aromatic N) is 4. The van der Waals surface area contributed by atoms with Gasteiger partial charge >= 0.3 is 6.18 Å². The van der Waals surface area contributed by atoms with E-state index >= 15 is 4.39 Å². The van der Waals surface area contributed by atoms with Crippen molar-refractivity contribution < 1.29 is 22.4 Å². The molecule has 2 aromatic carbocycles. The maximum absolute atomic E-state index is 15.2. The van der Waals surface area contributed by atoms with Gasteiger partial charge in [-0.25, -0.2) is 9.37 Å². The molecule has 0 unspecified atom stereocenters. The molecule has 7 nitrogen and oxygen atoms in total. The zero-order valence-corrected chi connectivity index (χ0v) is 22.5. The van der Waals surface area contributed by atoms with E-state index < -0.39 is 41.1 Å². The highest BCUT2D eigenvalue weighted by Gasteiger charge is 2.35. The predicted octanol–water partition coefficient (Wildman–Crippen LogP) is 4.67. The van der Waals surface area contributed by atoms with Crippen molar-refractivity contribution in [3.8, 4) is 11.4 Å². The van der Waals surface area contributed by atoms with Crippen molar-refractivity contribution in [2.45, 2.75) is 58.9 Å². The second-order valence-corrected chi connectivity index (χ2v) is 10.4. The molecule has 0 spiro atoms. The molecule has 0 atom stereocenters. The van der Waals surface area contributed by atoms with E-state index in [1.54, 1.807) is 26.0 Å². The number of fused-ring (bicyclic) bond motifs is 1. The van der Waals surface area contributed by atoms with Crippen LogP contribution in [0.4, 0.5) is 23.2 Å². The lowest BCUT2D eigenvalue weighted by Crippen LogP contribution is -2.37. The second-order valence-electron chi connectivity index (χ2n) is 10.4. The van der Waals surface area contributed by atoms with Gasteiger partial charge in [0, 0.05) is 44.0 Å². The Hall–Kier alpha value is -3.47. The van der Waals surface area contributed by atoms with Crippen molar-refractivity contribution in [1.82, 2.24) is 19.8 Å². The minimum absolute atomic E-state index is 0.200. The van der Waals surface area contributed by atoms with Gasteiger partial charge in [0.15, 0.2) is 0 Å². The van der Waals surface area contributed by atoms with Gasteiger partial charge in [-0.15, -0.1) is 0 Å². The van der Waals surface area contributed by atoms with E-state index in [-0.39, 0.29) is 22.8 Å². The smallest absolute Gasteiger partial charge is 0.370 e. The first-order chi connectivity index (χ1) is 18.4. The normalized spacial score (nSPS) is 15.3. The summed E-state index contributed by atoms with van der Waals surface area (Å²) >= 11 is 0. The van der Waals surface area contributed by atoms with Gasteiger partial charge in [0.25, 0.3) is 5.56 Å². The maximum atomic E-state index is 15.2. The molecular formula is C28H33F4N5O2. The fourth-order valence-corrected chi connectivity index (χ4v) is 4.90. The molecule has 1 aliphatic rings. The average molecular weight is 548 g/mol. The van der Waals surface area contributed by atoms with Gasteiger partial charge in [0.05, 0.1) is 22.0 Å². The Morgan fingerprint density at radius 1 is 1.05 bits per heavy atom. The topological polar surface area (TPSA) is 70.5 Å². The molecule has 0 bridgehead atoms. The third-order valence-electron chi connectivity index (χ3n) is 6.86. The minimum Gasteiger partial charge on any atom is -0.370 e. The largest absolute Gasteiger partial charge is 0.419 e. The van der Waals surface area contributed by atoms with Gasteiger partial charge in [0.1, 0.15) is 18.2 Å². The van der Waals surface area contributed by atoms with Crippen molar-refractivity contribution in [1.29, 1.82) is 0 Å². The van der Waals surface area contributed by atoms with Gasteiger partial charge in [-0.05, 0) is 64.4 Å². The Labute approximate surface area is 224 Å². The molecule has 0 aliphatic carbocycles. The van der Waals surface area contributed by atoms with Crippen LogP contribution in [0.25, 0.3) is 22.3 Å². The molecule has 1 saturated heterocycles. The van der Waals surface area contributed by atoms with E-state index in [1.807, 2.05) is 6.07 Å². The van der Waals surface area contributed by atoms with Crippen LogP contribution in [0.3, 0.4) is 0 Å². The zero-order valence-electron chi connectivity index (χ0n) is 22.5. The molecule has 1 amide bonds. The minimum atomic E-state index is -4.94. The molecule has 4 rings (SSSR count). The first-order valence-corrected chi connectivity index (χ1v) is 13.1.